The summed E-state index contributed by atoms with van der Waals surface area (Å²) in [4.78, 5) is 21.2. The number of nitrogens with zero attached hydrogens (tertiary/aromatic N) is 1. The standard InChI is InChI=1S/C10H12N2O4/c1-6(13)9-4-3-8(16-7(2)11)5-10(9)12(14)15/h3-5,7H,11H2,1-2H3. The fraction of sp³-hybridized carbons (Fsp3) is 0.300. The number of rotatable bonds is 4. The summed E-state index contributed by atoms with van der Waals surface area (Å²) < 4.78 is 5.10. The van der Waals surface area contributed by atoms with Gasteiger partial charge in [0, 0.05) is 0 Å². The third kappa shape index (κ3) is 2.77. The quantitative estimate of drug-likeness (QED) is 0.361. The lowest BCUT2D eigenvalue weighted by atomic mass is 10.1. The van der Waals surface area contributed by atoms with Crippen molar-refractivity contribution in [2.24, 2.45) is 5.73 Å². The van der Waals surface area contributed by atoms with Gasteiger partial charge in [0.1, 0.15) is 12.0 Å². The molecular formula is C10H12N2O4. The Balaban J connectivity index is 3.17. The Morgan fingerprint density at radius 3 is 2.62 bits per heavy atom. The van der Waals surface area contributed by atoms with E-state index < -0.39 is 11.2 Å². The van der Waals surface area contributed by atoms with Crippen molar-refractivity contribution >= 4 is 11.5 Å². The van der Waals surface area contributed by atoms with Gasteiger partial charge in [-0.2, -0.15) is 0 Å². The molecule has 0 aromatic heterocycles. The first-order valence-corrected chi connectivity index (χ1v) is 4.63. The molecular weight excluding hydrogens is 212 g/mol. The maximum atomic E-state index is 11.1. The molecule has 1 unspecified atom stereocenters. The lowest BCUT2D eigenvalue weighted by Gasteiger charge is -2.09. The zero-order valence-corrected chi connectivity index (χ0v) is 8.97. The molecule has 1 aromatic carbocycles. The van der Waals surface area contributed by atoms with Gasteiger partial charge in [0.2, 0.25) is 0 Å². The number of nitro groups is 1. The van der Waals surface area contributed by atoms with Crippen LogP contribution in [0.2, 0.25) is 0 Å². The van der Waals surface area contributed by atoms with Crippen LogP contribution >= 0.6 is 0 Å². The SMILES string of the molecule is CC(=O)c1ccc(OC(C)N)cc1[N+](=O)[O-]. The average Bonchev–Trinajstić information content (AvgIpc) is 2.16. The summed E-state index contributed by atoms with van der Waals surface area (Å²) >= 11 is 0. The van der Waals surface area contributed by atoms with E-state index in [0.717, 1.165) is 0 Å². The van der Waals surface area contributed by atoms with Gasteiger partial charge in [-0.25, -0.2) is 0 Å². The third-order valence-corrected chi connectivity index (χ3v) is 1.87. The van der Waals surface area contributed by atoms with Gasteiger partial charge in [-0.1, -0.05) is 0 Å². The van der Waals surface area contributed by atoms with Crippen LogP contribution in [0, 0.1) is 10.1 Å². The summed E-state index contributed by atoms with van der Waals surface area (Å²) in [6.45, 7) is 2.87. The first kappa shape index (κ1) is 12.1. The molecule has 1 aromatic rings. The van der Waals surface area contributed by atoms with Gasteiger partial charge >= 0.3 is 0 Å². The van der Waals surface area contributed by atoms with Crippen molar-refractivity contribution in [3.05, 3.63) is 33.9 Å². The second kappa shape index (κ2) is 4.71. The van der Waals surface area contributed by atoms with Gasteiger partial charge in [0.25, 0.3) is 5.69 Å². The van der Waals surface area contributed by atoms with Crippen LogP contribution in [0.25, 0.3) is 0 Å². The normalized spacial score (nSPS) is 11.9. The second-order valence-corrected chi connectivity index (χ2v) is 3.32. The highest BCUT2D eigenvalue weighted by atomic mass is 16.6. The number of ketones is 1. The minimum absolute atomic E-state index is 0.0574. The van der Waals surface area contributed by atoms with E-state index in [2.05, 4.69) is 0 Å². The Labute approximate surface area is 92.2 Å². The van der Waals surface area contributed by atoms with Crippen LogP contribution in [0.4, 0.5) is 5.69 Å². The molecule has 0 radical (unpaired) electrons. The van der Waals surface area contributed by atoms with Gasteiger partial charge < -0.3 is 4.74 Å². The van der Waals surface area contributed by atoms with Crippen molar-refractivity contribution in [2.45, 2.75) is 20.1 Å². The van der Waals surface area contributed by atoms with Crippen LogP contribution in [-0.2, 0) is 0 Å². The van der Waals surface area contributed by atoms with Crippen molar-refractivity contribution in [1.82, 2.24) is 0 Å². The smallest absolute Gasteiger partial charge is 0.283 e. The summed E-state index contributed by atoms with van der Waals surface area (Å²) in [7, 11) is 0. The van der Waals surface area contributed by atoms with Crippen LogP contribution in [0.15, 0.2) is 18.2 Å². The third-order valence-electron chi connectivity index (χ3n) is 1.87. The first-order valence-electron chi connectivity index (χ1n) is 4.63. The lowest BCUT2D eigenvalue weighted by molar-refractivity contribution is -0.385. The summed E-state index contributed by atoms with van der Waals surface area (Å²) in [5.74, 6) is -0.0919. The number of nitrogens with two attached hydrogens (primary N) is 1. The van der Waals surface area contributed by atoms with Gasteiger partial charge in [-0.05, 0) is 26.0 Å². The molecule has 0 aliphatic heterocycles. The fourth-order valence-corrected chi connectivity index (χ4v) is 1.25. The topological polar surface area (TPSA) is 95.5 Å². The molecule has 6 heteroatoms. The van der Waals surface area contributed by atoms with Crippen molar-refractivity contribution in [3.8, 4) is 5.75 Å². The van der Waals surface area contributed by atoms with Crippen molar-refractivity contribution < 1.29 is 14.5 Å². The zero-order valence-electron chi connectivity index (χ0n) is 8.97. The molecule has 0 aliphatic carbocycles. The summed E-state index contributed by atoms with van der Waals surface area (Å²) in [6.07, 6.45) is -0.567. The highest BCUT2D eigenvalue weighted by Gasteiger charge is 2.18. The lowest BCUT2D eigenvalue weighted by Crippen LogP contribution is -2.22. The van der Waals surface area contributed by atoms with Gasteiger partial charge in [-0.3, -0.25) is 20.6 Å². The van der Waals surface area contributed by atoms with E-state index in [1.54, 1.807) is 6.92 Å². The molecule has 1 atom stereocenters. The second-order valence-electron chi connectivity index (χ2n) is 3.32. The van der Waals surface area contributed by atoms with E-state index in [4.69, 9.17) is 10.5 Å². The number of nitro benzene ring substituents is 1. The fourth-order valence-electron chi connectivity index (χ4n) is 1.25. The number of ether oxygens (including phenoxy) is 1. The van der Waals surface area contributed by atoms with E-state index in [-0.39, 0.29) is 22.8 Å². The molecule has 1 rings (SSSR count). The Bertz CT molecular complexity index is 429. The van der Waals surface area contributed by atoms with E-state index in [9.17, 15) is 14.9 Å². The Morgan fingerprint density at radius 1 is 1.56 bits per heavy atom. The van der Waals surface area contributed by atoms with Gasteiger partial charge in [-0.15, -0.1) is 0 Å². The molecule has 0 aliphatic rings. The molecule has 0 fully saturated rings. The molecule has 86 valence electrons. The molecule has 0 spiro atoms. The van der Waals surface area contributed by atoms with Crippen LogP contribution in [-0.4, -0.2) is 16.9 Å². The molecule has 6 nitrogen and oxygen atoms in total. The number of carbonyl (C=O) groups is 1. The number of hydrogen-bond acceptors (Lipinski definition) is 5. The average molecular weight is 224 g/mol. The molecule has 0 bridgehead atoms. The predicted octanol–water partition coefficient (Wildman–Crippen LogP) is 1.48. The monoisotopic (exact) mass is 224 g/mol. The minimum atomic E-state index is -0.620. The Hall–Kier alpha value is -1.95. The van der Waals surface area contributed by atoms with E-state index in [0.29, 0.717) is 0 Å². The largest absolute Gasteiger partial charge is 0.476 e. The maximum Gasteiger partial charge on any atom is 0.283 e. The summed E-state index contributed by atoms with van der Waals surface area (Å²) in [6, 6.07) is 4.03. The molecule has 0 saturated carbocycles. The summed E-state index contributed by atoms with van der Waals surface area (Å²) in [5, 5.41) is 10.7. The molecule has 2 N–H and O–H groups in total. The van der Waals surface area contributed by atoms with Gasteiger partial charge in [0.05, 0.1) is 16.6 Å². The van der Waals surface area contributed by atoms with Crippen molar-refractivity contribution in [1.29, 1.82) is 0 Å². The number of hydrogen-bond donors (Lipinski definition) is 1. The highest BCUT2D eigenvalue weighted by molar-refractivity contribution is 5.98. The number of benzene rings is 1. The molecule has 0 heterocycles. The van der Waals surface area contributed by atoms with Crippen molar-refractivity contribution in [2.75, 3.05) is 0 Å². The predicted molar refractivity (Wildman–Crippen MR) is 57.4 cm³/mol. The minimum Gasteiger partial charge on any atom is -0.476 e. The van der Waals surface area contributed by atoms with Crippen molar-refractivity contribution in [3.63, 3.8) is 0 Å². The number of carbonyl (C=O) groups excluding carboxylic acids is 1. The molecule has 0 saturated heterocycles. The molecule has 0 amide bonds. The van der Waals surface area contributed by atoms with E-state index >= 15 is 0 Å². The zero-order chi connectivity index (χ0) is 12.3. The first-order chi connectivity index (χ1) is 7.41. The van der Waals surface area contributed by atoms with Crippen LogP contribution in [0.3, 0.4) is 0 Å². The van der Waals surface area contributed by atoms with E-state index in [1.165, 1.54) is 25.1 Å². The maximum absolute atomic E-state index is 11.1. The Morgan fingerprint density at radius 2 is 2.19 bits per heavy atom. The Kier molecular flexibility index (Phi) is 3.57. The van der Waals surface area contributed by atoms with Crippen LogP contribution in [0.5, 0.6) is 5.75 Å². The highest BCUT2D eigenvalue weighted by Crippen LogP contribution is 2.25. The molecule has 16 heavy (non-hydrogen) atoms. The number of Topliss-reactive ketones (excluding diaryl/α,β-unsaturated/α-hetero) is 1. The van der Waals surface area contributed by atoms with E-state index in [1.807, 2.05) is 0 Å². The van der Waals surface area contributed by atoms with Gasteiger partial charge in [0.15, 0.2) is 5.78 Å². The summed E-state index contributed by atoms with van der Waals surface area (Å²) in [5.41, 5.74) is 5.17. The van der Waals surface area contributed by atoms with Crippen LogP contribution < -0.4 is 10.5 Å². The van der Waals surface area contributed by atoms with Crippen LogP contribution in [0.1, 0.15) is 24.2 Å².